The summed E-state index contributed by atoms with van der Waals surface area (Å²) in [6.07, 6.45) is 4.02. The van der Waals surface area contributed by atoms with Gasteiger partial charge in [0, 0.05) is 51.9 Å². The van der Waals surface area contributed by atoms with Crippen molar-refractivity contribution >= 4 is 11.7 Å². The maximum absolute atomic E-state index is 13.1. The zero-order chi connectivity index (χ0) is 27.9. The summed E-state index contributed by atoms with van der Waals surface area (Å²) in [7, 11) is 1.67. The van der Waals surface area contributed by atoms with Crippen molar-refractivity contribution in [2.45, 2.75) is 32.4 Å². The van der Waals surface area contributed by atoms with Crippen LogP contribution in [-0.2, 0) is 13.1 Å². The molecule has 0 saturated carbocycles. The molecule has 1 amide bonds. The standard InChI is InChI=1S/C32H37FN4O3/c1-40-29-9-4-26(5-10-29)22-35-14-12-24(13-15-35)20-31(38)30-11-6-27(21-34-30)32(39)37-18-16-36(17-19-37)23-25-2-7-28(33)8-3-25/h2-11,21,24H,12-20,22-23H2,1H3. The van der Waals surface area contributed by atoms with Crippen LogP contribution in [0.2, 0.25) is 0 Å². The Morgan fingerprint density at radius 3 is 2.00 bits per heavy atom. The first-order valence-corrected chi connectivity index (χ1v) is 14.1. The molecular weight excluding hydrogens is 507 g/mol. The van der Waals surface area contributed by atoms with E-state index in [4.69, 9.17) is 4.74 Å². The van der Waals surface area contributed by atoms with Crippen LogP contribution in [0.3, 0.4) is 0 Å². The quantitative estimate of drug-likeness (QED) is 0.365. The summed E-state index contributed by atoms with van der Waals surface area (Å²) in [5, 5.41) is 0. The molecule has 0 unspecified atom stereocenters. The van der Waals surface area contributed by atoms with Crippen molar-refractivity contribution in [2.24, 2.45) is 5.92 Å². The van der Waals surface area contributed by atoms with E-state index >= 15 is 0 Å². The smallest absolute Gasteiger partial charge is 0.255 e. The van der Waals surface area contributed by atoms with Gasteiger partial charge < -0.3 is 9.64 Å². The fraction of sp³-hybridized carbons (Fsp3) is 0.406. The van der Waals surface area contributed by atoms with Crippen LogP contribution in [0, 0.1) is 11.7 Å². The number of likely N-dealkylation sites (tertiary alicyclic amines) is 1. The number of ether oxygens (including phenoxy) is 1. The van der Waals surface area contributed by atoms with Crippen LogP contribution in [0.25, 0.3) is 0 Å². The van der Waals surface area contributed by atoms with Gasteiger partial charge in [0.2, 0.25) is 0 Å². The summed E-state index contributed by atoms with van der Waals surface area (Å²) in [4.78, 5) is 36.8. The molecule has 2 aromatic carbocycles. The van der Waals surface area contributed by atoms with Crippen molar-refractivity contribution in [1.82, 2.24) is 19.7 Å². The highest BCUT2D eigenvalue weighted by atomic mass is 19.1. The Bertz CT molecular complexity index is 1270. The number of carbonyl (C=O) groups excluding carboxylic acids is 2. The van der Waals surface area contributed by atoms with Gasteiger partial charge in [-0.3, -0.25) is 24.4 Å². The highest BCUT2D eigenvalue weighted by molar-refractivity contribution is 5.97. The lowest BCUT2D eigenvalue weighted by molar-refractivity contribution is 0.0627. The summed E-state index contributed by atoms with van der Waals surface area (Å²) in [6.45, 7) is 6.35. The second kappa shape index (κ2) is 13.2. The van der Waals surface area contributed by atoms with Gasteiger partial charge >= 0.3 is 0 Å². The number of rotatable bonds is 9. The summed E-state index contributed by atoms with van der Waals surface area (Å²) in [5.74, 6) is 0.973. The van der Waals surface area contributed by atoms with Crippen LogP contribution < -0.4 is 4.74 Å². The molecule has 3 heterocycles. The SMILES string of the molecule is COc1ccc(CN2CCC(CC(=O)c3ccc(C(=O)N4CCN(Cc5ccc(F)cc5)CC4)cn3)CC2)cc1. The van der Waals surface area contributed by atoms with Crippen molar-refractivity contribution in [1.29, 1.82) is 0 Å². The van der Waals surface area contributed by atoms with Gasteiger partial charge in [-0.25, -0.2) is 4.39 Å². The van der Waals surface area contributed by atoms with E-state index in [1.54, 1.807) is 31.4 Å². The van der Waals surface area contributed by atoms with Gasteiger partial charge in [0.05, 0.1) is 12.7 Å². The molecule has 8 heteroatoms. The number of amides is 1. The Morgan fingerprint density at radius 1 is 0.825 bits per heavy atom. The number of benzene rings is 2. The van der Waals surface area contributed by atoms with Crippen molar-refractivity contribution in [3.63, 3.8) is 0 Å². The summed E-state index contributed by atoms with van der Waals surface area (Å²) in [5.41, 5.74) is 3.27. The van der Waals surface area contributed by atoms with E-state index in [2.05, 4.69) is 26.9 Å². The van der Waals surface area contributed by atoms with Crippen LogP contribution in [-0.4, -0.2) is 77.8 Å². The Labute approximate surface area is 235 Å². The number of pyridine rings is 1. The van der Waals surface area contributed by atoms with E-state index in [-0.39, 0.29) is 17.5 Å². The van der Waals surface area contributed by atoms with Crippen molar-refractivity contribution in [2.75, 3.05) is 46.4 Å². The van der Waals surface area contributed by atoms with E-state index in [1.807, 2.05) is 17.0 Å². The van der Waals surface area contributed by atoms with Crippen LogP contribution in [0.15, 0.2) is 66.9 Å². The first-order valence-electron chi connectivity index (χ1n) is 14.1. The fourth-order valence-electron chi connectivity index (χ4n) is 5.53. The number of hydrogen-bond donors (Lipinski definition) is 0. The Hall–Kier alpha value is -3.62. The number of piperazine rings is 1. The lowest BCUT2D eigenvalue weighted by Gasteiger charge is -2.34. The second-order valence-electron chi connectivity index (χ2n) is 10.8. The third-order valence-electron chi connectivity index (χ3n) is 8.02. The molecule has 0 spiro atoms. The van der Waals surface area contributed by atoms with Gasteiger partial charge in [-0.1, -0.05) is 24.3 Å². The molecule has 0 bridgehead atoms. The fourth-order valence-corrected chi connectivity index (χ4v) is 5.53. The Balaban J connectivity index is 1.05. The van der Waals surface area contributed by atoms with Gasteiger partial charge in [-0.15, -0.1) is 0 Å². The number of nitrogens with zero attached hydrogens (tertiary/aromatic N) is 4. The van der Waals surface area contributed by atoms with Gasteiger partial charge in [0.25, 0.3) is 5.91 Å². The van der Waals surface area contributed by atoms with Crippen molar-refractivity contribution in [3.05, 3.63) is 95.1 Å². The minimum absolute atomic E-state index is 0.0435. The molecule has 40 heavy (non-hydrogen) atoms. The van der Waals surface area contributed by atoms with E-state index in [1.165, 1.54) is 23.9 Å². The van der Waals surface area contributed by atoms with E-state index in [0.717, 1.165) is 63.4 Å². The highest BCUT2D eigenvalue weighted by Gasteiger charge is 2.25. The summed E-state index contributed by atoms with van der Waals surface area (Å²) in [6, 6.07) is 18.2. The van der Waals surface area contributed by atoms with Crippen LogP contribution >= 0.6 is 0 Å². The van der Waals surface area contributed by atoms with E-state index in [9.17, 15) is 14.0 Å². The molecule has 2 aliphatic heterocycles. The normalized spacial score (nSPS) is 17.1. The zero-order valence-corrected chi connectivity index (χ0v) is 23.1. The molecule has 7 nitrogen and oxygen atoms in total. The molecular formula is C32H37FN4O3. The summed E-state index contributed by atoms with van der Waals surface area (Å²) < 4.78 is 18.4. The number of halogens is 1. The molecule has 210 valence electrons. The molecule has 0 atom stereocenters. The predicted molar refractivity (Wildman–Crippen MR) is 152 cm³/mol. The third kappa shape index (κ3) is 7.31. The first-order chi connectivity index (χ1) is 19.5. The molecule has 0 aliphatic carbocycles. The van der Waals surface area contributed by atoms with Gasteiger partial charge in [-0.05, 0) is 79.4 Å². The van der Waals surface area contributed by atoms with Crippen molar-refractivity contribution < 1.29 is 18.7 Å². The molecule has 2 aliphatic rings. The third-order valence-corrected chi connectivity index (χ3v) is 8.02. The number of aromatic nitrogens is 1. The van der Waals surface area contributed by atoms with E-state index in [0.29, 0.717) is 36.7 Å². The lowest BCUT2D eigenvalue weighted by Crippen LogP contribution is -2.48. The molecule has 2 saturated heterocycles. The van der Waals surface area contributed by atoms with Crippen molar-refractivity contribution in [3.8, 4) is 5.75 Å². The monoisotopic (exact) mass is 544 g/mol. The van der Waals surface area contributed by atoms with Gasteiger partial charge in [-0.2, -0.15) is 0 Å². The largest absolute Gasteiger partial charge is 0.497 e. The highest BCUT2D eigenvalue weighted by Crippen LogP contribution is 2.24. The molecule has 5 rings (SSSR count). The minimum Gasteiger partial charge on any atom is -0.497 e. The number of carbonyl (C=O) groups is 2. The number of ketones is 1. The predicted octanol–water partition coefficient (Wildman–Crippen LogP) is 4.67. The topological polar surface area (TPSA) is 66.0 Å². The van der Waals surface area contributed by atoms with E-state index < -0.39 is 0 Å². The van der Waals surface area contributed by atoms with Gasteiger partial charge in [0.1, 0.15) is 17.3 Å². The van der Waals surface area contributed by atoms with Crippen LogP contribution in [0.4, 0.5) is 4.39 Å². The molecule has 3 aromatic rings. The molecule has 0 radical (unpaired) electrons. The van der Waals surface area contributed by atoms with Crippen LogP contribution in [0.5, 0.6) is 5.75 Å². The summed E-state index contributed by atoms with van der Waals surface area (Å²) >= 11 is 0. The number of piperidine rings is 1. The second-order valence-corrected chi connectivity index (χ2v) is 10.8. The zero-order valence-electron chi connectivity index (χ0n) is 23.1. The number of methoxy groups -OCH3 is 1. The first kappa shape index (κ1) is 27.9. The molecule has 1 aromatic heterocycles. The maximum atomic E-state index is 13.1. The van der Waals surface area contributed by atoms with Crippen LogP contribution in [0.1, 0.15) is 51.2 Å². The average Bonchev–Trinajstić information content (AvgIpc) is 3.00. The maximum Gasteiger partial charge on any atom is 0.255 e. The number of Topliss-reactive ketones (excluding diaryl/α,β-unsaturated/α-hetero) is 1. The number of hydrogen-bond acceptors (Lipinski definition) is 6. The average molecular weight is 545 g/mol. The molecule has 2 fully saturated rings. The Morgan fingerprint density at radius 2 is 1.43 bits per heavy atom. The lowest BCUT2D eigenvalue weighted by atomic mass is 9.90. The molecule has 0 N–H and O–H groups in total. The minimum atomic E-state index is -0.234. The Kier molecular flexibility index (Phi) is 9.19. The van der Waals surface area contributed by atoms with Gasteiger partial charge in [0.15, 0.2) is 5.78 Å².